The topological polar surface area (TPSA) is 73.9 Å². The van der Waals surface area contributed by atoms with Crippen molar-refractivity contribution in [1.29, 1.82) is 0 Å². The first-order chi connectivity index (χ1) is 13.5. The molecule has 1 aliphatic carbocycles. The maximum absolute atomic E-state index is 12.2. The van der Waals surface area contributed by atoms with Crippen LogP contribution in [0.3, 0.4) is 0 Å². The van der Waals surface area contributed by atoms with E-state index in [1.807, 2.05) is 6.92 Å². The van der Waals surface area contributed by atoms with Gasteiger partial charge in [0.05, 0.1) is 33.0 Å². The molecule has 1 N–H and O–H groups in total. The van der Waals surface area contributed by atoms with Gasteiger partial charge in [-0.3, -0.25) is 9.59 Å². The smallest absolute Gasteiger partial charge is 0.222 e. The van der Waals surface area contributed by atoms with Gasteiger partial charge in [-0.05, 0) is 32.1 Å². The highest BCUT2D eigenvalue weighted by Gasteiger charge is 2.28. The van der Waals surface area contributed by atoms with Crippen molar-refractivity contribution >= 4 is 11.7 Å². The van der Waals surface area contributed by atoms with Crippen LogP contribution in [-0.4, -0.2) is 57.9 Å². The predicted molar refractivity (Wildman–Crippen MR) is 115 cm³/mol. The number of rotatable bonds is 13. The van der Waals surface area contributed by atoms with Gasteiger partial charge in [0, 0.05) is 32.8 Å². The van der Waals surface area contributed by atoms with Gasteiger partial charge in [-0.2, -0.15) is 0 Å². The van der Waals surface area contributed by atoms with Crippen molar-refractivity contribution in [3.8, 4) is 0 Å². The van der Waals surface area contributed by atoms with Gasteiger partial charge in [-0.1, -0.05) is 34.1 Å². The Hall–Kier alpha value is -0.980. The Labute approximate surface area is 173 Å². The third kappa shape index (κ3) is 13.2. The van der Waals surface area contributed by atoms with E-state index in [4.69, 9.17) is 14.2 Å². The molecule has 0 saturated heterocycles. The fourth-order valence-electron chi connectivity index (χ4n) is 3.05. The van der Waals surface area contributed by atoms with Crippen molar-refractivity contribution in [3.63, 3.8) is 0 Å². The largest absolute Gasteiger partial charge is 0.382 e. The molecule has 6 nitrogen and oxygen atoms in total. The molecule has 0 heterocycles. The van der Waals surface area contributed by atoms with Crippen LogP contribution in [0.5, 0.6) is 0 Å². The van der Waals surface area contributed by atoms with E-state index in [0.29, 0.717) is 45.2 Å². The normalized spacial score (nSPS) is 20.0. The second-order valence-corrected chi connectivity index (χ2v) is 7.50. The van der Waals surface area contributed by atoms with E-state index in [1.165, 1.54) is 6.42 Å². The van der Waals surface area contributed by atoms with Gasteiger partial charge in [-0.25, -0.2) is 0 Å². The molecule has 1 aliphatic rings. The lowest BCUT2D eigenvalue weighted by Gasteiger charge is -2.29. The lowest BCUT2D eigenvalue weighted by atomic mass is 9.79. The second kappa shape index (κ2) is 18.1. The number of hydrogen-bond donors (Lipinski definition) is 1. The van der Waals surface area contributed by atoms with Crippen molar-refractivity contribution in [1.82, 2.24) is 5.32 Å². The molecule has 168 valence electrons. The maximum Gasteiger partial charge on any atom is 0.222 e. The Morgan fingerprint density at radius 1 is 0.964 bits per heavy atom. The zero-order valence-electron chi connectivity index (χ0n) is 18.8. The molecule has 0 radical (unpaired) electrons. The molecular weight excluding hydrogens is 358 g/mol. The highest BCUT2D eigenvalue weighted by molar-refractivity contribution is 5.83. The molecule has 0 aromatic carbocycles. The van der Waals surface area contributed by atoms with Crippen molar-refractivity contribution in [2.24, 2.45) is 11.8 Å². The third-order valence-electron chi connectivity index (χ3n) is 4.87. The van der Waals surface area contributed by atoms with E-state index in [0.717, 1.165) is 32.1 Å². The van der Waals surface area contributed by atoms with Crippen LogP contribution < -0.4 is 5.32 Å². The first-order valence-electron chi connectivity index (χ1n) is 11.0. The van der Waals surface area contributed by atoms with Crippen molar-refractivity contribution in [2.75, 3.05) is 40.1 Å². The van der Waals surface area contributed by atoms with Gasteiger partial charge in [0.1, 0.15) is 5.78 Å². The number of hydrogen-bond acceptors (Lipinski definition) is 5. The Bertz CT molecular complexity index is 401. The molecule has 1 unspecified atom stereocenters. The van der Waals surface area contributed by atoms with Crippen LogP contribution in [0.25, 0.3) is 0 Å². The summed E-state index contributed by atoms with van der Waals surface area (Å²) >= 11 is 0. The first kappa shape index (κ1) is 27.0. The van der Waals surface area contributed by atoms with Crippen molar-refractivity contribution < 1.29 is 25.2 Å². The molecule has 6 heteroatoms. The van der Waals surface area contributed by atoms with E-state index in [1.54, 1.807) is 7.11 Å². The number of ether oxygens (including phenoxy) is 3. The summed E-state index contributed by atoms with van der Waals surface area (Å²) < 4.78 is 15.5. The van der Waals surface area contributed by atoms with E-state index < -0.39 is 0 Å². The Morgan fingerprint density at radius 2 is 1.50 bits per heavy atom. The van der Waals surface area contributed by atoms with Gasteiger partial charge in [0.25, 0.3) is 0 Å². The number of carbonyl (C=O) groups is 2. The first-order valence-corrected chi connectivity index (χ1v) is 11.0. The van der Waals surface area contributed by atoms with Gasteiger partial charge in [0.2, 0.25) is 5.91 Å². The van der Waals surface area contributed by atoms with Crippen LogP contribution in [0.4, 0.5) is 0 Å². The monoisotopic (exact) mass is 403 g/mol. The fraction of sp³-hybridized carbons (Fsp3) is 0.909. The van der Waals surface area contributed by atoms with E-state index in [-0.39, 0.29) is 25.2 Å². The van der Waals surface area contributed by atoms with Gasteiger partial charge in [-0.15, -0.1) is 0 Å². The summed E-state index contributed by atoms with van der Waals surface area (Å²) in [6, 6.07) is 0.200. The quantitative estimate of drug-likeness (QED) is 0.470. The van der Waals surface area contributed by atoms with Gasteiger partial charge in [0.15, 0.2) is 0 Å². The highest BCUT2D eigenvalue weighted by Crippen LogP contribution is 2.28. The Morgan fingerprint density at radius 3 is 2.04 bits per heavy atom. The summed E-state index contributed by atoms with van der Waals surface area (Å²) in [5, 5.41) is 3.06. The summed E-state index contributed by atoms with van der Waals surface area (Å²) in [5.74, 6) is 0.765. The number of nitrogens with one attached hydrogen (secondary N) is 1. The zero-order chi connectivity index (χ0) is 21.2. The molecule has 1 amide bonds. The maximum atomic E-state index is 12.2. The van der Waals surface area contributed by atoms with Gasteiger partial charge < -0.3 is 19.5 Å². The van der Waals surface area contributed by atoms with E-state index in [9.17, 15) is 9.59 Å². The van der Waals surface area contributed by atoms with Crippen molar-refractivity contribution in [3.05, 3.63) is 0 Å². The molecule has 0 aromatic rings. The lowest BCUT2D eigenvalue weighted by Crippen LogP contribution is -2.39. The number of Topliss-reactive ketones (excluding diaryl/α,β-unsaturated/α-hetero) is 1. The summed E-state index contributed by atoms with van der Waals surface area (Å²) in [6.45, 7) is 10.9. The molecule has 0 aliphatic heterocycles. The zero-order valence-corrected chi connectivity index (χ0v) is 18.8. The van der Waals surface area contributed by atoms with E-state index in [2.05, 4.69) is 26.1 Å². The van der Waals surface area contributed by atoms with Crippen LogP contribution in [0.15, 0.2) is 0 Å². The average Bonchev–Trinajstić information content (AvgIpc) is 2.70. The molecule has 1 saturated carbocycles. The lowest BCUT2D eigenvalue weighted by molar-refractivity contribution is -0.127. The number of methoxy groups -OCH3 is 1. The SMILES string of the molecule is CCC.CCC(C)C(=O)C1CCC(NC(=O)CCOCCOCCOC)CC1.[HH]. The van der Waals surface area contributed by atoms with Crippen LogP contribution in [0.1, 0.15) is 74.1 Å². The third-order valence-corrected chi connectivity index (χ3v) is 4.87. The summed E-state index contributed by atoms with van der Waals surface area (Å²) in [5.41, 5.74) is 0. The Kier molecular flexibility index (Phi) is 17.4. The average molecular weight is 404 g/mol. The molecule has 0 bridgehead atoms. The van der Waals surface area contributed by atoms with E-state index >= 15 is 0 Å². The summed E-state index contributed by atoms with van der Waals surface area (Å²) in [4.78, 5) is 24.2. The van der Waals surface area contributed by atoms with Crippen LogP contribution in [0.2, 0.25) is 0 Å². The molecule has 28 heavy (non-hydrogen) atoms. The van der Waals surface area contributed by atoms with Crippen molar-refractivity contribution in [2.45, 2.75) is 78.7 Å². The Balaban J connectivity index is 0. The molecule has 0 spiro atoms. The molecule has 1 rings (SSSR count). The minimum Gasteiger partial charge on any atom is -0.382 e. The minimum atomic E-state index is 0. The number of carbonyl (C=O) groups excluding carboxylic acids is 2. The number of ketones is 1. The molecule has 0 aromatic heterocycles. The van der Waals surface area contributed by atoms with Crippen LogP contribution >= 0.6 is 0 Å². The second-order valence-electron chi connectivity index (χ2n) is 7.50. The van der Waals surface area contributed by atoms with Crippen LogP contribution in [-0.2, 0) is 23.8 Å². The molecule has 1 fully saturated rings. The predicted octanol–water partition coefficient (Wildman–Crippen LogP) is 4.01. The molecule has 1 atom stereocenters. The van der Waals surface area contributed by atoms with Crippen LogP contribution in [0, 0.1) is 11.8 Å². The minimum absolute atomic E-state index is 0. The standard InChI is InChI=1S/C19H35NO5.C3H8.H2/c1-4-15(2)19(22)16-5-7-17(8-6-16)20-18(21)9-10-24-13-14-25-12-11-23-3;1-3-2;/h15-17H,4-14H2,1-3H3,(H,20,21);3H2,1-2H3;1H. The summed E-state index contributed by atoms with van der Waals surface area (Å²) in [6.07, 6.45) is 6.10. The van der Waals surface area contributed by atoms with Gasteiger partial charge >= 0.3 is 0 Å². The fourth-order valence-corrected chi connectivity index (χ4v) is 3.05. The number of amides is 1. The molecular formula is C22H45NO5. The highest BCUT2D eigenvalue weighted by atomic mass is 16.5. The summed E-state index contributed by atoms with van der Waals surface area (Å²) in [7, 11) is 1.63.